The second-order valence-electron chi connectivity index (χ2n) is 5.70. The molecule has 0 unspecified atom stereocenters. The Bertz CT molecular complexity index is 273. The summed E-state index contributed by atoms with van der Waals surface area (Å²) in [6.45, 7) is 10.8. The first kappa shape index (κ1) is 17.9. The predicted molar refractivity (Wildman–Crippen MR) is 74.7 cm³/mol. The van der Waals surface area contributed by atoms with Gasteiger partial charge in [-0.2, -0.15) is 0 Å². The van der Waals surface area contributed by atoms with Crippen molar-refractivity contribution in [2.75, 3.05) is 0 Å². The smallest absolute Gasteiger partial charge is 0.323 e. The molecule has 0 radical (unpaired) electrons. The summed E-state index contributed by atoms with van der Waals surface area (Å²) in [6.07, 6.45) is 2.84. The van der Waals surface area contributed by atoms with Gasteiger partial charge in [0.15, 0.2) is 5.41 Å². The van der Waals surface area contributed by atoms with Gasteiger partial charge < -0.3 is 9.47 Å². The van der Waals surface area contributed by atoms with Crippen LogP contribution < -0.4 is 0 Å². The molecule has 0 fully saturated rings. The molecule has 0 saturated heterocycles. The molecule has 0 aliphatic rings. The zero-order valence-electron chi connectivity index (χ0n) is 13.1. The summed E-state index contributed by atoms with van der Waals surface area (Å²) in [5.74, 6) is -0.964. The molecule has 0 aromatic rings. The van der Waals surface area contributed by atoms with Gasteiger partial charge in [0.1, 0.15) is 0 Å². The summed E-state index contributed by atoms with van der Waals surface area (Å²) in [5.41, 5.74) is -1.19. The highest BCUT2D eigenvalue weighted by Gasteiger charge is 2.44. The minimum absolute atomic E-state index is 0.232. The molecule has 0 aromatic carbocycles. The lowest BCUT2D eigenvalue weighted by Gasteiger charge is -2.27. The third-order valence-electron chi connectivity index (χ3n) is 2.87. The second-order valence-corrected chi connectivity index (χ2v) is 5.70. The van der Waals surface area contributed by atoms with E-state index in [1.807, 2.05) is 0 Å². The molecule has 0 heterocycles. The fourth-order valence-electron chi connectivity index (χ4n) is 1.70. The molecule has 0 spiro atoms. The third kappa shape index (κ3) is 6.08. The van der Waals surface area contributed by atoms with Crippen LogP contribution in [0.3, 0.4) is 0 Å². The normalized spacial score (nSPS) is 11.8. The highest BCUT2D eigenvalue weighted by Crippen LogP contribution is 2.29. The Balaban J connectivity index is 4.88. The van der Waals surface area contributed by atoms with Crippen LogP contribution in [0.5, 0.6) is 0 Å². The molecule has 112 valence electrons. The fraction of sp³-hybridized carbons (Fsp3) is 0.867. The molecule has 0 amide bonds. The van der Waals surface area contributed by atoms with Gasteiger partial charge >= 0.3 is 11.9 Å². The highest BCUT2D eigenvalue weighted by atomic mass is 16.6. The molecule has 0 aromatic heterocycles. The number of carbonyl (C=O) groups is 2. The molecule has 0 bridgehead atoms. The van der Waals surface area contributed by atoms with Crippen LogP contribution in [0.4, 0.5) is 0 Å². The zero-order chi connectivity index (χ0) is 15.1. The van der Waals surface area contributed by atoms with Crippen molar-refractivity contribution in [1.82, 2.24) is 0 Å². The van der Waals surface area contributed by atoms with Crippen molar-refractivity contribution >= 4 is 11.9 Å². The van der Waals surface area contributed by atoms with Gasteiger partial charge in [-0.1, -0.05) is 26.2 Å². The standard InChI is InChI=1S/C15H28O4/c1-7-8-9-10-15(6,13(16)18-11(2)3)14(17)19-12(4)5/h11-12H,7-10H2,1-6H3. The average molecular weight is 272 g/mol. The molecular weight excluding hydrogens is 244 g/mol. The maximum atomic E-state index is 12.2. The number of ether oxygens (including phenoxy) is 2. The first-order valence-electron chi connectivity index (χ1n) is 7.16. The Morgan fingerprint density at radius 3 is 1.68 bits per heavy atom. The van der Waals surface area contributed by atoms with E-state index in [1.165, 1.54) is 0 Å². The average Bonchev–Trinajstić information content (AvgIpc) is 2.27. The van der Waals surface area contributed by atoms with Crippen LogP contribution in [0.15, 0.2) is 0 Å². The van der Waals surface area contributed by atoms with Crippen LogP contribution in [-0.4, -0.2) is 24.1 Å². The minimum Gasteiger partial charge on any atom is -0.462 e. The third-order valence-corrected chi connectivity index (χ3v) is 2.87. The number of esters is 2. The minimum atomic E-state index is -1.19. The van der Waals surface area contributed by atoms with Crippen molar-refractivity contribution in [3.8, 4) is 0 Å². The molecule has 0 N–H and O–H groups in total. The van der Waals surface area contributed by atoms with E-state index in [1.54, 1.807) is 34.6 Å². The maximum Gasteiger partial charge on any atom is 0.323 e. The van der Waals surface area contributed by atoms with Gasteiger partial charge in [-0.05, 0) is 41.0 Å². The Kier molecular flexibility index (Phi) is 7.72. The van der Waals surface area contributed by atoms with E-state index < -0.39 is 17.4 Å². The molecule has 0 atom stereocenters. The second kappa shape index (κ2) is 8.18. The summed E-state index contributed by atoms with van der Waals surface area (Å²) in [4.78, 5) is 24.3. The summed E-state index contributed by atoms with van der Waals surface area (Å²) >= 11 is 0. The van der Waals surface area contributed by atoms with Crippen LogP contribution >= 0.6 is 0 Å². The number of rotatable bonds is 8. The Morgan fingerprint density at radius 2 is 1.37 bits per heavy atom. The van der Waals surface area contributed by atoms with E-state index in [4.69, 9.17) is 9.47 Å². The molecule has 19 heavy (non-hydrogen) atoms. The lowest BCUT2D eigenvalue weighted by molar-refractivity contribution is -0.176. The predicted octanol–water partition coefficient (Wildman–Crippen LogP) is 3.48. The molecule has 0 saturated carbocycles. The van der Waals surface area contributed by atoms with Gasteiger partial charge in [-0.15, -0.1) is 0 Å². The van der Waals surface area contributed by atoms with E-state index in [0.717, 1.165) is 19.3 Å². The largest absolute Gasteiger partial charge is 0.462 e. The number of hydrogen-bond acceptors (Lipinski definition) is 4. The highest BCUT2D eigenvalue weighted by molar-refractivity contribution is 5.99. The van der Waals surface area contributed by atoms with Crippen molar-refractivity contribution in [2.45, 2.75) is 79.4 Å². The van der Waals surface area contributed by atoms with Gasteiger partial charge in [0.25, 0.3) is 0 Å². The van der Waals surface area contributed by atoms with Crippen molar-refractivity contribution in [1.29, 1.82) is 0 Å². The van der Waals surface area contributed by atoms with E-state index in [2.05, 4.69) is 6.92 Å². The molecule has 0 aliphatic carbocycles. The van der Waals surface area contributed by atoms with E-state index in [9.17, 15) is 9.59 Å². The monoisotopic (exact) mass is 272 g/mol. The first-order chi connectivity index (χ1) is 8.74. The quantitative estimate of drug-likeness (QED) is 0.385. The number of hydrogen-bond donors (Lipinski definition) is 0. The Hall–Kier alpha value is -1.06. The Labute approximate surface area is 116 Å². The lowest BCUT2D eigenvalue weighted by Crippen LogP contribution is -2.41. The molecule has 4 nitrogen and oxygen atoms in total. The van der Waals surface area contributed by atoms with Crippen molar-refractivity contribution in [3.05, 3.63) is 0 Å². The van der Waals surface area contributed by atoms with Gasteiger partial charge in [0, 0.05) is 0 Å². The molecule has 0 rings (SSSR count). The van der Waals surface area contributed by atoms with Gasteiger partial charge in [0.05, 0.1) is 12.2 Å². The van der Waals surface area contributed by atoms with Crippen LogP contribution in [0.2, 0.25) is 0 Å². The van der Waals surface area contributed by atoms with Crippen molar-refractivity contribution in [2.24, 2.45) is 5.41 Å². The van der Waals surface area contributed by atoms with Crippen LogP contribution in [0.1, 0.15) is 67.2 Å². The summed E-state index contributed by atoms with van der Waals surface area (Å²) < 4.78 is 10.4. The Morgan fingerprint density at radius 1 is 0.947 bits per heavy atom. The van der Waals surface area contributed by atoms with Gasteiger partial charge in [0.2, 0.25) is 0 Å². The number of carbonyl (C=O) groups excluding carboxylic acids is 2. The van der Waals surface area contributed by atoms with Crippen molar-refractivity contribution < 1.29 is 19.1 Å². The summed E-state index contributed by atoms with van der Waals surface area (Å²) in [6, 6.07) is 0. The maximum absolute atomic E-state index is 12.2. The van der Waals surface area contributed by atoms with Crippen LogP contribution in [-0.2, 0) is 19.1 Å². The van der Waals surface area contributed by atoms with Crippen LogP contribution in [0, 0.1) is 5.41 Å². The van der Waals surface area contributed by atoms with E-state index >= 15 is 0 Å². The molecular formula is C15H28O4. The van der Waals surface area contributed by atoms with Crippen molar-refractivity contribution in [3.63, 3.8) is 0 Å². The van der Waals surface area contributed by atoms with Gasteiger partial charge in [-0.25, -0.2) is 0 Å². The SMILES string of the molecule is CCCCCC(C)(C(=O)OC(C)C)C(=O)OC(C)C. The first-order valence-corrected chi connectivity index (χ1v) is 7.16. The van der Waals surface area contributed by atoms with Gasteiger partial charge in [-0.3, -0.25) is 9.59 Å². The molecule has 4 heteroatoms. The molecule has 0 aliphatic heterocycles. The van der Waals surface area contributed by atoms with E-state index in [0.29, 0.717) is 6.42 Å². The fourth-order valence-corrected chi connectivity index (χ4v) is 1.70. The lowest BCUT2D eigenvalue weighted by atomic mass is 9.84. The summed E-state index contributed by atoms with van der Waals surface area (Å²) in [7, 11) is 0. The van der Waals surface area contributed by atoms with E-state index in [-0.39, 0.29) is 12.2 Å². The van der Waals surface area contributed by atoms with Crippen LogP contribution in [0.25, 0.3) is 0 Å². The zero-order valence-corrected chi connectivity index (χ0v) is 13.1. The number of unbranched alkanes of at least 4 members (excludes halogenated alkanes) is 2. The topological polar surface area (TPSA) is 52.6 Å². The summed E-state index contributed by atoms with van der Waals surface area (Å²) in [5, 5.41) is 0.